The third-order valence-corrected chi connectivity index (χ3v) is 2.77. The minimum absolute atomic E-state index is 0.0247. The van der Waals surface area contributed by atoms with Crippen molar-refractivity contribution in [1.29, 1.82) is 0 Å². The van der Waals surface area contributed by atoms with Crippen molar-refractivity contribution in [2.75, 3.05) is 5.32 Å². The third-order valence-electron chi connectivity index (χ3n) is 2.77. The molecule has 0 atom stereocenters. The maximum Gasteiger partial charge on any atom is 0.292 e. The van der Waals surface area contributed by atoms with Crippen LogP contribution in [-0.2, 0) is 7.05 Å². The van der Waals surface area contributed by atoms with E-state index in [4.69, 9.17) is 0 Å². The summed E-state index contributed by atoms with van der Waals surface area (Å²) in [6.07, 6.45) is 1.39. The average molecular weight is 291 g/mol. The monoisotopic (exact) mass is 291 g/mol. The Kier molecular flexibility index (Phi) is 3.79. The number of carbonyl (C=O) groups excluding carboxylic acids is 1. The van der Waals surface area contributed by atoms with Gasteiger partial charge in [0, 0.05) is 37.0 Å². The molecular formula is C13H10FN3O4. The fraction of sp³-hybridized carbons (Fsp3) is 0.0769. The molecular weight excluding hydrogens is 281 g/mol. The average Bonchev–Trinajstić information content (AvgIpc) is 2.41. The lowest BCUT2D eigenvalue weighted by atomic mass is 10.2. The molecule has 7 nitrogen and oxygen atoms in total. The van der Waals surface area contributed by atoms with Gasteiger partial charge in [0.05, 0.1) is 4.92 Å². The molecule has 0 aliphatic rings. The van der Waals surface area contributed by atoms with E-state index in [1.54, 1.807) is 0 Å². The molecule has 21 heavy (non-hydrogen) atoms. The van der Waals surface area contributed by atoms with E-state index in [-0.39, 0.29) is 11.3 Å². The number of amides is 1. The van der Waals surface area contributed by atoms with Gasteiger partial charge in [0.1, 0.15) is 11.5 Å². The van der Waals surface area contributed by atoms with Crippen molar-refractivity contribution >= 4 is 17.3 Å². The Hall–Kier alpha value is -3.03. The Morgan fingerprint density at radius 2 is 2.05 bits per heavy atom. The predicted octanol–water partition coefficient (Wildman–Crippen LogP) is 1.68. The predicted molar refractivity (Wildman–Crippen MR) is 72.7 cm³/mol. The summed E-state index contributed by atoms with van der Waals surface area (Å²) < 4.78 is 14.4. The summed E-state index contributed by atoms with van der Waals surface area (Å²) in [5, 5.41) is 13.1. The largest absolute Gasteiger partial charge is 0.319 e. The number of nitro groups is 1. The zero-order chi connectivity index (χ0) is 15.6. The van der Waals surface area contributed by atoms with Gasteiger partial charge in [-0.15, -0.1) is 0 Å². The topological polar surface area (TPSA) is 94.2 Å². The molecule has 8 heteroatoms. The fourth-order valence-corrected chi connectivity index (χ4v) is 1.65. The Morgan fingerprint density at radius 1 is 1.33 bits per heavy atom. The molecule has 0 aliphatic carbocycles. The molecule has 1 N–H and O–H groups in total. The molecule has 0 spiro atoms. The van der Waals surface area contributed by atoms with Gasteiger partial charge in [-0.2, -0.15) is 0 Å². The Morgan fingerprint density at radius 3 is 2.67 bits per heavy atom. The lowest BCUT2D eigenvalue weighted by Gasteiger charge is -2.06. The second-order valence-corrected chi connectivity index (χ2v) is 4.24. The molecule has 108 valence electrons. The molecule has 2 rings (SSSR count). The van der Waals surface area contributed by atoms with E-state index >= 15 is 0 Å². The Labute approximate surface area is 117 Å². The molecule has 0 saturated heterocycles. The molecule has 1 aromatic carbocycles. The zero-order valence-electron chi connectivity index (χ0n) is 10.9. The quantitative estimate of drug-likeness (QED) is 0.687. The summed E-state index contributed by atoms with van der Waals surface area (Å²) >= 11 is 0. The van der Waals surface area contributed by atoms with E-state index < -0.39 is 27.9 Å². The Balaban J connectivity index is 2.35. The van der Waals surface area contributed by atoms with E-state index in [1.165, 1.54) is 23.9 Å². The van der Waals surface area contributed by atoms with E-state index in [2.05, 4.69) is 5.32 Å². The van der Waals surface area contributed by atoms with Gasteiger partial charge in [0.25, 0.3) is 17.2 Å². The highest BCUT2D eigenvalue weighted by molar-refractivity contribution is 6.05. The number of pyridine rings is 1. The lowest BCUT2D eigenvalue weighted by molar-refractivity contribution is -0.384. The van der Waals surface area contributed by atoms with Gasteiger partial charge in [-0.05, 0) is 12.1 Å². The first-order valence-electron chi connectivity index (χ1n) is 5.80. The van der Waals surface area contributed by atoms with E-state index in [1.807, 2.05) is 0 Å². The summed E-state index contributed by atoms with van der Waals surface area (Å²) in [7, 11) is 1.52. The summed E-state index contributed by atoms with van der Waals surface area (Å²) in [4.78, 5) is 33.5. The van der Waals surface area contributed by atoms with Crippen LogP contribution in [0.3, 0.4) is 0 Å². The number of nitro benzene ring substituents is 1. The van der Waals surface area contributed by atoms with Crippen LogP contribution in [0, 0.1) is 15.9 Å². The second kappa shape index (κ2) is 5.53. The SMILES string of the molecule is Cn1ccc(C(=O)Nc2cc(F)ccc2[N+](=O)[O-])cc1=O. The van der Waals surface area contributed by atoms with Gasteiger partial charge in [-0.25, -0.2) is 4.39 Å². The van der Waals surface area contributed by atoms with Gasteiger partial charge in [0.15, 0.2) is 0 Å². The number of nitrogens with one attached hydrogen (secondary N) is 1. The van der Waals surface area contributed by atoms with E-state index in [0.717, 1.165) is 24.3 Å². The van der Waals surface area contributed by atoms with Gasteiger partial charge in [-0.1, -0.05) is 0 Å². The van der Waals surface area contributed by atoms with Crippen LogP contribution in [0.2, 0.25) is 0 Å². The molecule has 1 heterocycles. The van der Waals surface area contributed by atoms with Crippen molar-refractivity contribution in [3.05, 3.63) is 68.4 Å². The number of hydrogen-bond donors (Lipinski definition) is 1. The molecule has 0 fully saturated rings. The molecule has 0 saturated carbocycles. The van der Waals surface area contributed by atoms with Gasteiger partial charge >= 0.3 is 0 Å². The summed E-state index contributed by atoms with van der Waals surface area (Å²) in [5.41, 5.74) is -1.09. The van der Waals surface area contributed by atoms with Crippen LogP contribution < -0.4 is 10.9 Å². The number of rotatable bonds is 3. The van der Waals surface area contributed by atoms with Crippen LogP contribution in [0.1, 0.15) is 10.4 Å². The summed E-state index contributed by atoms with van der Waals surface area (Å²) in [6, 6.07) is 5.18. The van der Waals surface area contributed by atoms with Crippen LogP contribution in [0.4, 0.5) is 15.8 Å². The van der Waals surface area contributed by atoms with E-state index in [0.29, 0.717) is 0 Å². The lowest BCUT2D eigenvalue weighted by Crippen LogP contribution is -2.20. The minimum atomic E-state index is -0.737. The first-order chi connectivity index (χ1) is 9.88. The number of nitrogens with zero attached hydrogens (tertiary/aromatic N) is 2. The van der Waals surface area contributed by atoms with Gasteiger partial charge in [-0.3, -0.25) is 19.7 Å². The van der Waals surface area contributed by atoms with Crippen molar-refractivity contribution in [3.63, 3.8) is 0 Å². The molecule has 0 bridgehead atoms. The van der Waals surface area contributed by atoms with Crippen molar-refractivity contribution in [2.45, 2.75) is 0 Å². The number of benzene rings is 1. The van der Waals surface area contributed by atoms with Crippen molar-refractivity contribution in [3.8, 4) is 0 Å². The molecule has 2 aromatic rings. The number of carbonyl (C=O) groups is 1. The maximum absolute atomic E-state index is 13.2. The maximum atomic E-state index is 13.2. The van der Waals surface area contributed by atoms with Gasteiger partial charge < -0.3 is 9.88 Å². The standard InChI is InChI=1S/C13H10FN3O4/c1-16-5-4-8(6-12(16)18)13(19)15-10-7-9(14)2-3-11(10)17(20)21/h2-7H,1H3,(H,15,19). The highest BCUT2D eigenvalue weighted by Gasteiger charge is 2.17. The normalized spacial score (nSPS) is 10.2. The Bertz CT molecular complexity index is 785. The van der Waals surface area contributed by atoms with Crippen molar-refractivity contribution < 1.29 is 14.1 Å². The van der Waals surface area contributed by atoms with Crippen molar-refractivity contribution in [1.82, 2.24) is 4.57 Å². The molecule has 0 aliphatic heterocycles. The minimum Gasteiger partial charge on any atom is -0.319 e. The number of anilines is 1. The molecule has 1 amide bonds. The number of aryl methyl sites for hydroxylation is 1. The van der Waals surface area contributed by atoms with E-state index in [9.17, 15) is 24.1 Å². The van der Waals surface area contributed by atoms with Crippen LogP contribution in [0.15, 0.2) is 41.3 Å². The van der Waals surface area contributed by atoms with Crippen LogP contribution >= 0.6 is 0 Å². The smallest absolute Gasteiger partial charge is 0.292 e. The fourth-order valence-electron chi connectivity index (χ4n) is 1.65. The van der Waals surface area contributed by atoms with Crippen LogP contribution in [0.25, 0.3) is 0 Å². The third kappa shape index (κ3) is 3.11. The molecule has 1 aromatic heterocycles. The summed E-state index contributed by atoms with van der Waals surface area (Å²) in [6.45, 7) is 0. The van der Waals surface area contributed by atoms with Crippen molar-refractivity contribution in [2.24, 2.45) is 7.05 Å². The molecule has 0 radical (unpaired) electrons. The highest BCUT2D eigenvalue weighted by Crippen LogP contribution is 2.25. The number of halogens is 1. The number of hydrogen-bond acceptors (Lipinski definition) is 4. The molecule has 0 unspecified atom stereocenters. The highest BCUT2D eigenvalue weighted by atomic mass is 19.1. The first-order valence-corrected chi connectivity index (χ1v) is 5.80. The van der Waals surface area contributed by atoms with Crippen LogP contribution in [-0.4, -0.2) is 15.4 Å². The zero-order valence-corrected chi connectivity index (χ0v) is 10.9. The summed E-state index contributed by atoms with van der Waals surface area (Å²) in [5.74, 6) is -1.46. The van der Waals surface area contributed by atoms with Crippen LogP contribution in [0.5, 0.6) is 0 Å². The second-order valence-electron chi connectivity index (χ2n) is 4.24. The number of aromatic nitrogens is 1. The van der Waals surface area contributed by atoms with Gasteiger partial charge in [0.2, 0.25) is 0 Å². The first kappa shape index (κ1) is 14.4.